The van der Waals surface area contributed by atoms with Crippen LogP contribution in [0, 0.1) is 13.8 Å². The fourth-order valence-electron chi connectivity index (χ4n) is 2.37. The van der Waals surface area contributed by atoms with Gasteiger partial charge in [-0.2, -0.15) is 0 Å². The van der Waals surface area contributed by atoms with E-state index in [9.17, 15) is 0 Å². The highest BCUT2D eigenvalue weighted by atomic mass is 16.5. The van der Waals surface area contributed by atoms with Crippen LogP contribution in [0.5, 0.6) is 5.75 Å². The Balaban J connectivity index is 2.15. The van der Waals surface area contributed by atoms with Crippen molar-refractivity contribution in [1.29, 1.82) is 0 Å². The first-order valence-electron chi connectivity index (χ1n) is 5.83. The number of hydrogen-bond donors (Lipinski definition) is 2. The molecule has 0 radical (unpaired) electrons. The van der Waals surface area contributed by atoms with Crippen LogP contribution in [0.4, 0.5) is 5.69 Å². The van der Waals surface area contributed by atoms with Crippen molar-refractivity contribution in [3.63, 3.8) is 0 Å². The van der Waals surface area contributed by atoms with Gasteiger partial charge in [-0.1, -0.05) is 0 Å². The summed E-state index contributed by atoms with van der Waals surface area (Å²) in [6, 6.07) is 4.88. The van der Waals surface area contributed by atoms with E-state index in [1.807, 2.05) is 0 Å². The van der Waals surface area contributed by atoms with Crippen LogP contribution in [0.1, 0.15) is 17.5 Å². The lowest BCUT2D eigenvalue weighted by Gasteiger charge is -2.16. The lowest BCUT2D eigenvalue weighted by molar-refractivity contribution is 0.408. The van der Waals surface area contributed by atoms with E-state index in [0.717, 1.165) is 18.8 Å². The molecule has 1 atom stereocenters. The van der Waals surface area contributed by atoms with Crippen LogP contribution in [0.15, 0.2) is 12.1 Å². The van der Waals surface area contributed by atoms with Crippen molar-refractivity contribution in [2.75, 3.05) is 25.5 Å². The normalized spacial score (nSPS) is 19.8. The van der Waals surface area contributed by atoms with Gasteiger partial charge in [0, 0.05) is 18.3 Å². The van der Waals surface area contributed by atoms with E-state index in [2.05, 4.69) is 36.6 Å². The molecule has 0 spiro atoms. The molecule has 0 aliphatic carbocycles. The van der Waals surface area contributed by atoms with E-state index in [1.165, 1.54) is 23.2 Å². The summed E-state index contributed by atoms with van der Waals surface area (Å²) >= 11 is 0. The molecule has 1 unspecified atom stereocenters. The molecule has 0 bridgehead atoms. The predicted octanol–water partition coefficient (Wildman–Crippen LogP) is 2.09. The lowest BCUT2D eigenvalue weighted by atomic mass is 10.1. The maximum Gasteiger partial charge on any atom is 0.124 e. The second-order valence-electron chi connectivity index (χ2n) is 4.48. The molecule has 1 heterocycles. The fourth-order valence-corrected chi connectivity index (χ4v) is 2.37. The van der Waals surface area contributed by atoms with Crippen molar-refractivity contribution in [3.8, 4) is 5.75 Å². The van der Waals surface area contributed by atoms with E-state index < -0.39 is 0 Å². The number of nitrogens with one attached hydrogen (secondary N) is 2. The summed E-state index contributed by atoms with van der Waals surface area (Å²) < 4.78 is 5.36. The van der Waals surface area contributed by atoms with Gasteiger partial charge in [0.2, 0.25) is 0 Å². The molecule has 2 N–H and O–H groups in total. The number of rotatable bonds is 3. The Morgan fingerprint density at radius 1 is 1.31 bits per heavy atom. The summed E-state index contributed by atoms with van der Waals surface area (Å²) in [7, 11) is 1.73. The van der Waals surface area contributed by atoms with Crippen molar-refractivity contribution >= 4 is 5.69 Å². The average Bonchev–Trinajstić information content (AvgIpc) is 2.70. The number of hydrogen-bond acceptors (Lipinski definition) is 3. The van der Waals surface area contributed by atoms with Crippen LogP contribution in [0.3, 0.4) is 0 Å². The molecule has 3 heteroatoms. The number of benzene rings is 1. The monoisotopic (exact) mass is 220 g/mol. The third kappa shape index (κ3) is 2.30. The maximum absolute atomic E-state index is 5.36. The molecule has 1 aliphatic heterocycles. The van der Waals surface area contributed by atoms with Crippen LogP contribution >= 0.6 is 0 Å². The van der Waals surface area contributed by atoms with Gasteiger partial charge >= 0.3 is 0 Å². The molecular formula is C13H20N2O. The Hall–Kier alpha value is -1.22. The van der Waals surface area contributed by atoms with Crippen LogP contribution in [-0.4, -0.2) is 26.2 Å². The second kappa shape index (κ2) is 4.74. The highest BCUT2D eigenvalue weighted by Crippen LogP contribution is 2.27. The van der Waals surface area contributed by atoms with E-state index >= 15 is 0 Å². The van der Waals surface area contributed by atoms with E-state index in [1.54, 1.807) is 7.11 Å². The summed E-state index contributed by atoms with van der Waals surface area (Å²) in [6.07, 6.45) is 1.20. The van der Waals surface area contributed by atoms with Gasteiger partial charge in [0.15, 0.2) is 0 Å². The van der Waals surface area contributed by atoms with Gasteiger partial charge in [-0.25, -0.2) is 0 Å². The first-order valence-corrected chi connectivity index (χ1v) is 5.83. The molecule has 1 aromatic carbocycles. The SMILES string of the molecule is COc1c(C)cc(NC2CCNC2)cc1C. The zero-order valence-corrected chi connectivity index (χ0v) is 10.3. The minimum Gasteiger partial charge on any atom is -0.496 e. The molecule has 1 aromatic rings. The smallest absolute Gasteiger partial charge is 0.124 e. The van der Waals surface area contributed by atoms with Crippen molar-refractivity contribution in [1.82, 2.24) is 5.32 Å². The summed E-state index contributed by atoms with van der Waals surface area (Å²) in [5, 5.41) is 6.91. The number of methoxy groups -OCH3 is 1. The van der Waals surface area contributed by atoms with E-state index in [0.29, 0.717) is 6.04 Å². The highest BCUT2D eigenvalue weighted by molar-refractivity contribution is 5.55. The topological polar surface area (TPSA) is 33.3 Å². The number of aryl methyl sites for hydroxylation is 2. The van der Waals surface area contributed by atoms with Gasteiger partial charge in [0.05, 0.1) is 7.11 Å². The Morgan fingerprint density at radius 2 is 2.00 bits per heavy atom. The Labute approximate surface area is 97.2 Å². The van der Waals surface area contributed by atoms with E-state index in [-0.39, 0.29) is 0 Å². The van der Waals surface area contributed by atoms with Crippen LogP contribution in [0.2, 0.25) is 0 Å². The van der Waals surface area contributed by atoms with Crippen molar-refractivity contribution in [2.45, 2.75) is 26.3 Å². The van der Waals surface area contributed by atoms with Gasteiger partial charge in [-0.3, -0.25) is 0 Å². The van der Waals surface area contributed by atoms with Crippen LogP contribution < -0.4 is 15.4 Å². The Morgan fingerprint density at radius 3 is 2.50 bits per heavy atom. The maximum atomic E-state index is 5.36. The molecule has 0 aromatic heterocycles. The largest absolute Gasteiger partial charge is 0.496 e. The van der Waals surface area contributed by atoms with Crippen LogP contribution in [-0.2, 0) is 0 Å². The van der Waals surface area contributed by atoms with Gasteiger partial charge in [-0.15, -0.1) is 0 Å². The quantitative estimate of drug-likeness (QED) is 0.818. The third-order valence-corrected chi connectivity index (χ3v) is 3.10. The lowest BCUT2D eigenvalue weighted by Crippen LogP contribution is -2.22. The molecule has 1 saturated heterocycles. The molecule has 88 valence electrons. The van der Waals surface area contributed by atoms with Gasteiger partial charge < -0.3 is 15.4 Å². The van der Waals surface area contributed by atoms with Gasteiger partial charge in [0.1, 0.15) is 5.75 Å². The predicted molar refractivity (Wildman–Crippen MR) is 67.4 cm³/mol. The minimum absolute atomic E-state index is 0.562. The minimum atomic E-state index is 0.562. The fraction of sp³-hybridized carbons (Fsp3) is 0.538. The summed E-state index contributed by atoms with van der Waals surface area (Å²) in [6.45, 7) is 6.35. The molecule has 16 heavy (non-hydrogen) atoms. The molecule has 1 aliphatic rings. The molecule has 2 rings (SSSR count). The zero-order chi connectivity index (χ0) is 11.5. The standard InChI is InChI=1S/C13H20N2O/c1-9-6-12(7-10(2)13(9)16-3)15-11-4-5-14-8-11/h6-7,11,14-15H,4-5,8H2,1-3H3. The molecular weight excluding hydrogens is 200 g/mol. The Kier molecular flexibility index (Phi) is 3.34. The molecule has 0 amide bonds. The van der Waals surface area contributed by atoms with Gasteiger partial charge in [-0.05, 0) is 50.1 Å². The summed E-state index contributed by atoms with van der Waals surface area (Å²) in [4.78, 5) is 0. The van der Waals surface area contributed by atoms with Crippen LogP contribution in [0.25, 0.3) is 0 Å². The summed E-state index contributed by atoms with van der Waals surface area (Å²) in [5.74, 6) is 0.995. The zero-order valence-electron chi connectivity index (χ0n) is 10.3. The number of ether oxygens (including phenoxy) is 1. The van der Waals surface area contributed by atoms with Crippen molar-refractivity contribution in [3.05, 3.63) is 23.3 Å². The van der Waals surface area contributed by atoms with Crippen molar-refractivity contribution in [2.24, 2.45) is 0 Å². The Bertz CT molecular complexity index is 347. The molecule has 0 saturated carbocycles. The highest BCUT2D eigenvalue weighted by Gasteiger charge is 2.14. The first kappa shape index (κ1) is 11.3. The van der Waals surface area contributed by atoms with E-state index in [4.69, 9.17) is 4.74 Å². The second-order valence-corrected chi connectivity index (χ2v) is 4.48. The third-order valence-electron chi connectivity index (χ3n) is 3.10. The molecule has 1 fully saturated rings. The van der Waals surface area contributed by atoms with Gasteiger partial charge in [0.25, 0.3) is 0 Å². The number of anilines is 1. The summed E-state index contributed by atoms with van der Waals surface area (Å²) in [5.41, 5.74) is 3.58. The first-order chi connectivity index (χ1) is 7.70. The average molecular weight is 220 g/mol. The van der Waals surface area contributed by atoms with Crippen molar-refractivity contribution < 1.29 is 4.74 Å². The molecule has 3 nitrogen and oxygen atoms in total.